The summed E-state index contributed by atoms with van der Waals surface area (Å²) in [7, 11) is 1.95. The third-order valence-electron chi connectivity index (χ3n) is 4.55. The molecule has 2 aliphatic rings. The third-order valence-corrected chi connectivity index (χ3v) is 4.55. The molecule has 2 saturated heterocycles. The second-order valence-corrected chi connectivity index (χ2v) is 5.74. The minimum Gasteiger partial charge on any atom is -0.343 e. The molecule has 0 saturated carbocycles. The molecule has 104 valence electrons. The van der Waals surface area contributed by atoms with Gasteiger partial charge < -0.3 is 15.1 Å². The number of amides is 1. The molecule has 0 aliphatic carbocycles. The number of hydrogen-bond donors (Lipinski definition) is 1. The summed E-state index contributed by atoms with van der Waals surface area (Å²) >= 11 is 0. The van der Waals surface area contributed by atoms with Crippen LogP contribution in [0.1, 0.15) is 39.0 Å². The minimum absolute atomic E-state index is 0.264. The van der Waals surface area contributed by atoms with Crippen molar-refractivity contribution in [3.05, 3.63) is 0 Å². The molecule has 4 nitrogen and oxygen atoms in total. The Bertz CT molecular complexity index is 281. The zero-order valence-corrected chi connectivity index (χ0v) is 11.9. The molecule has 0 aromatic carbocycles. The van der Waals surface area contributed by atoms with Gasteiger partial charge in [-0.2, -0.15) is 0 Å². The summed E-state index contributed by atoms with van der Waals surface area (Å²) in [5.41, 5.74) is -0.264. The Kier molecular flexibility index (Phi) is 4.62. The van der Waals surface area contributed by atoms with E-state index in [1.807, 2.05) is 11.9 Å². The first-order valence-corrected chi connectivity index (χ1v) is 7.41. The van der Waals surface area contributed by atoms with Crippen molar-refractivity contribution in [3.8, 4) is 0 Å². The van der Waals surface area contributed by atoms with Crippen LogP contribution >= 0.6 is 0 Å². The molecule has 0 spiro atoms. The zero-order valence-electron chi connectivity index (χ0n) is 11.9. The zero-order chi connectivity index (χ0) is 13.0. The highest BCUT2D eigenvalue weighted by Crippen LogP contribution is 2.25. The van der Waals surface area contributed by atoms with E-state index >= 15 is 0 Å². The van der Waals surface area contributed by atoms with E-state index in [1.165, 1.54) is 25.9 Å². The number of nitrogens with zero attached hydrogens (tertiary/aromatic N) is 2. The lowest BCUT2D eigenvalue weighted by molar-refractivity contribution is -0.136. The van der Waals surface area contributed by atoms with Gasteiger partial charge in [-0.1, -0.05) is 6.92 Å². The van der Waals surface area contributed by atoms with E-state index in [-0.39, 0.29) is 5.54 Å². The smallest absolute Gasteiger partial charge is 0.242 e. The van der Waals surface area contributed by atoms with E-state index in [0.29, 0.717) is 5.91 Å². The molecular weight excluding hydrogens is 226 g/mol. The average molecular weight is 253 g/mol. The highest BCUT2D eigenvalue weighted by atomic mass is 16.2. The second-order valence-electron chi connectivity index (χ2n) is 5.74. The Labute approximate surface area is 111 Å². The number of likely N-dealkylation sites (N-methyl/N-ethyl adjacent to an activating group) is 1. The lowest BCUT2D eigenvalue weighted by Gasteiger charge is -2.32. The normalized spacial score (nSPS) is 28.8. The Balaban J connectivity index is 1.83. The quantitative estimate of drug-likeness (QED) is 0.796. The van der Waals surface area contributed by atoms with Crippen molar-refractivity contribution in [2.75, 3.05) is 39.8 Å². The first-order chi connectivity index (χ1) is 8.68. The number of rotatable bonds is 5. The Morgan fingerprint density at radius 2 is 2.06 bits per heavy atom. The van der Waals surface area contributed by atoms with Crippen LogP contribution in [0.4, 0.5) is 0 Å². The minimum atomic E-state index is -0.264. The van der Waals surface area contributed by atoms with Crippen LogP contribution in [-0.2, 0) is 4.79 Å². The fourth-order valence-electron chi connectivity index (χ4n) is 3.21. The van der Waals surface area contributed by atoms with E-state index in [4.69, 9.17) is 0 Å². The van der Waals surface area contributed by atoms with E-state index in [0.717, 1.165) is 38.9 Å². The Morgan fingerprint density at radius 3 is 2.61 bits per heavy atom. The lowest BCUT2D eigenvalue weighted by atomic mass is 9.92. The van der Waals surface area contributed by atoms with Gasteiger partial charge in [-0.3, -0.25) is 4.79 Å². The van der Waals surface area contributed by atoms with Crippen molar-refractivity contribution < 1.29 is 4.79 Å². The van der Waals surface area contributed by atoms with Crippen molar-refractivity contribution in [2.24, 2.45) is 0 Å². The summed E-state index contributed by atoms with van der Waals surface area (Å²) < 4.78 is 0. The molecule has 0 radical (unpaired) electrons. The molecule has 2 fully saturated rings. The number of hydrogen-bond acceptors (Lipinski definition) is 3. The maximum Gasteiger partial charge on any atom is 0.242 e. The number of nitrogens with one attached hydrogen (secondary N) is 1. The molecule has 1 N–H and O–H groups in total. The Hall–Kier alpha value is -0.610. The molecule has 0 bridgehead atoms. The molecule has 1 unspecified atom stereocenters. The van der Waals surface area contributed by atoms with Crippen molar-refractivity contribution in [3.63, 3.8) is 0 Å². The van der Waals surface area contributed by atoms with Crippen LogP contribution in [0.25, 0.3) is 0 Å². The van der Waals surface area contributed by atoms with Crippen LogP contribution in [0, 0.1) is 0 Å². The van der Waals surface area contributed by atoms with Crippen molar-refractivity contribution in [1.29, 1.82) is 0 Å². The van der Waals surface area contributed by atoms with Gasteiger partial charge in [0.15, 0.2) is 0 Å². The van der Waals surface area contributed by atoms with Gasteiger partial charge in [0.1, 0.15) is 0 Å². The molecule has 2 rings (SSSR count). The van der Waals surface area contributed by atoms with Gasteiger partial charge in [0.05, 0.1) is 5.54 Å². The van der Waals surface area contributed by atoms with Crippen molar-refractivity contribution in [2.45, 2.75) is 44.6 Å². The van der Waals surface area contributed by atoms with Crippen LogP contribution in [0.3, 0.4) is 0 Å². The molecular formula is C14H27N3O. The van der Waals surface area contributed by atoms with Gasteiger partial charge >= 0.3 is 0 Å². The van der Waals surface area contributed by atoms with Gasteiger partial charge in [-0.15, -0.1) is 0 Å². The fourth-order valence-corrected chi connectivity index (χ4v) is 3.21. The van der Waals surface area contributed by atoms with Gasteiger partial charge in [0.2, 0.25) is 5.91 Å². The van der Waals surface area contributed by atoms with Crippen LogP contribution in [-0.4, -0.2) is 61.0 Å². The molecule has 0 aromatic rings. The molecule has 1 amide bonds. The predicted octanol–water partition coefficient (Wildman–Crippen LogP) is 1.07. The lowest BCUT2D eigenvalue weighted by Crippen LogP contribution is -2.54. The summed E-state index contributed by atoms with van der Waals surface area (Å²) in [6.45, 7) is 7.41. The number of carbonyl (C=O) groups is 1. The fraction of sp³-hybridized carbons (Fsp3) is 0.929. The van der Waals surface area contributed by atoms with Gasteiger partial charge in [-0.25, -0.2) is 0 Å². The van der Waals surface area contributed by atoms with Crippen molar-refractivity contribution >= 4 is 5.91 Å². The molecule has 2 aliphatic heterocycles. The monoisotopic (exact) mass is 253 g/mol. The highest BCUT2D eigenvalue weighted by Gasteiger charge is 2.40. The van der Waals surface area contributed by atoms with Gasteiger partial charge in [0, 0.05) is 20.1 Å². The first-order valence-electron chi connectivity index (χ1n) is 7.41. The van der Waals surface area contributed by atoms with Gasteiger partial charge in [0.25, 0.3) is 0 Å². The standard InChI is InChI=1S/C14H27N3O/c1-3-14(7-6-8-15-14)13(18)16(2)11-12-17-9-4-5-10-17/h15H,3-12H2,1-2H3. The molecule has 1 atom stereocenters. The van der Waals surface area contributed by atoms with Crippen LogP contribution in [0.15, 0.2) is 0 Å². The Morgan fingerprint density at radius 1 is 1.33 bits per heavy atom. The van der Waals surface area contributed by atoms with E-state index in [9.17, 15) is 4.79 Å². The van der Waals surface area contributed by atoms with E-state index < -0.39 is 0 Å². The number of carbonyl (C=O) groups excluding carboxylic acids is 1. The second kappa shape index (κ2) is 6.02. The van der Waals surface area contributed by atoms with Crippen LogP contribution < -0.4 is 5.32 Å². The summed E-state index contributed by atoms with van der Waals surface area (Å²) in [4.78, 5) is 16.9. The summed E-state index contributed by atoms with van der Waals surface area (Å²) in [5.74, 6) is 0.293. The van der Waals surface area contributed by atoms with Crippen LogP contribution in [0.5, 0.6) is 0 Å². The topological polar surface area (TPSA) is 35.6 Å². The molecule has 18 heavy (non-hydrogen) atoms. The van der Waals surface area contributed by atoms with Gasteiger partial charge in [-0.05, 0) is 51.7 Å². The average Bonchev–Trinajstić information content (AvgIpc) is 3.06. The molecule has 2 heterocycles. The highest BCUT2D eigenvalue weighted by molar-refractivity contribution is 5.86. The summed E-state index contributed by atoms with van der Waals surface area (Å²) in [6.07, 6.45) is 5.66. The predicted molar refractivity (Wildman–Crippen MR) is 73.6 cm³/mol. The SMILES string of the molecule is CCC1(C(=O)N(C)CCN2CCCC2)CCCN1. The largest absolute Gasteiger partial charge is 0.343 e. The van der Waals surface area contributed by atoms with Crippen molar-refractivity contribution in [1.82, 2.24) is 15.1 Å². The van der Waals surface area contributed by atoms with E-state index in [1.54, 1.807) is 0 Å². The summed E-state index contributed by atoms with van der Waals surface area (Å²) in [5, 5.41) is 3.42. The third kappa shape index (κ3) is 2.86. The first kappa shape index (κ1) is 13.8. The maximum atomic E-state index is 12.5. The maximum absolute atomic E-state index is 12.5. The molecule has 4 heteroatoms. The van der Waals surface area contributed by atoms with Crippen LogP contribution in [0.2, 0.25) is 0 Å². The number of likely N-dealkylation sites (tertiary alicyclic amines) is 1. The molecule has 0 aromatic heterocycles. The summed E-state index contributed by atoms with van der Waals surface area (Å²) in [6, 6.07) is 0. The van der Waals surface area contributed by atoms with E-state index in [2.05, 4.69) is 17.1 Å².